The molecule has 0 radical (unpaired) electrons. The number of fused-ring (bicyclic) bond motifs is 1. The van der Waals surface area contributed by atoms with E-state index in [2.05, 4.69) is 21.6 Å². The van der Waals surface area contributed by atoms with E-state index in [0.717, 1.165) is 37.0 Å². The van der Waals surface area contributed by atoms with Crippen molar-refractivity contribution in [1.29, 1.82) is 5.26 Å². The van der Waals surface area contributed by atoms with E-state index in [-0.39, 0.29) is 11.7 Å². The molecule has 9 heteroatoms. The fourth-order valence-electron chi connectivity index (χ4n) is 3.58. The normalized spacial score (nSPS) is 12.8. The van der Waals surface area contributed by atoms with Gasteiger partial charge in [-0.2, -0.15) is 5.26 Å². The van der Waals surface area contributed by atoms with Crippen LogP contribution in [0, 0.1) is 11.3 Å². The Kier molecular flexibility index (Phi) is 6.89. The van der Waals surface area contributed by atoms with E-state index in [1.165, 1.54) is 28.0 Å². The summed E-state index contributed by atoms with van der Waals surface area (Å²) in [4.78, 5) is 13.8. The van der Waals surface area contributed by atoms with Crippen molar-refractivity contribution in [3.8, 4) is 11.8 Å². The van der Waals surface area contributed by atoms with Crippen LogP contribution in [-0.4, -0.2) is 26.4 Å². The molecule has 0 spiro atoms. The number of amides is 1. The molecular weight excluding hydrogens is 430 g/mol. The van der Waals surface area contributed by atoms with E-state index < -0.39 is 0 Å². The van der Waals surface area contributed by atoms with Crippen molar-refractivity contribution in [3.05, 3.63) is 52.2 Å². The molecular formula is C22H23N5O2S2. The van der Waals surface area contributed by atoms with Crippen LogP contribution in [0.15, 0.2) is 35.5 Å². The number of carbonyl (C=O) groups excluding carboxylic acids is 1. The predicted molar refractivity (Wildman–Crippen MR) is 121 cm³/mol. The Morgan fingerprint density at radius 1 is 1.29 bits per heavy atom. The zero-order chi connectivity index (χ0) is 21.6. The summed E-state index contributed by atoms with van der Waals surface area (Å²) >= 11 is 2.87. The minimum atomic E-state index is -0.146. The summed E-state index contributed by atoms with van der Waals surface area (Å²) < 4.78 is 7.73. The molecule has 1 aliphatic carbocycles. The Labute approximate surface area is 189 Å². The van der Waals surface area contributed by atoms with Crippen LogP contribution < -0.4 is 10.1 Å². The van der Waals surface area contributed by atoms with Crippen molar-refractivity contribution < 1.29 is 9.53 Å². The molecule has 1 aromatic carbocycles. The molecule has 0 saturated carbocycles. The maximum absolute atomic E-state index is 12.6. The summed E-state index contributed by atoms with van der Waals surface area (Å²) in [6.45, 7) is 3.00. The Bertz CT molecular complexity index is 1100. The highest BCUT2D eigenvalue weighted by atomic mass is 32.2. The van der Waals surface area contributed by atoms with Gasteiger partial charge < -0.3 is 14.6 Å². The van der Waals surface area contributed by atoms with E-state index in [1.54, 1.807) is 0 Å². The van der Waals surface area contributed by atoms with Gasteiger partial charge in [0.15, 0.2) is 11.0 Å². The lowest BCUT2D eigenvalue weighted by Crippen LogP contribution is -2.15. The third kappa shape index (κ3) is 4.92. The summed E-state index contributed by atoms with van der Waals surface area (Å²) in [5, 5.41) is 22.3. The highest BCUT2D eigenvalue weighted by molar-refractivity contribution is 7.99. The van der Waals surface area contributed by atoms with Crippen LogP contribution in [0.4, 0.5) is 5.00 Å². The molecule has 2 heterocycles. The quantitative estimate of drug-likeness (QED) is 0.508. The first-order valence-electron chi connectivity index (χ1n) is 10.3. The fraction of sp³-hybridized carbons (Fsp3) is 0.364. The van der Waals surface area contributed by atoms with Crippen LogP contribution in [0.2, 0.25) is 0 Å². The second kappa shape index (κ2) is 9.98. The Hall–Kier alpha value is -2.83. The van der Waals surface area contributed by atoms with Gasteiger partial charge in [-0.1, -0.05) is 30.0 Å². The van der Waals surface area contributed by atoms with Crippen molar-refractivity contribution >= 4 is 34.0 Å². The number of nitrogens with zero attached hydrogens (tertiary/aromatic N) is 4. The van der Waals surface area contributed by atoms with Crippen LogP contribution in [0.25, 0.3) is 0 Å². The summed E-state index contributed by atoms with van der Waals surface area (Å²) in [6, 6.07) is 11.8. The van der Waals surface area contributed by atoms with Gasteiger partial charge in [0.25, 0.3) is 0 Å². The highest BCUT2D eigenvalue weighted by Crippen LogP contribution is 2.37. The maximum atomic E-state index is 12.6. The summed E-state index contributed by atoms with van der Waals surface area (Å²) in [6.07, 6.45) is 4.16. The van der Waals surface area contributed by atoms with Crippen molar-refractivity contribution in [2.45, 2.75) is 50.9 Å². The van der Waals surface area contributed by atoms with Crippen molar-refractivity contribution in [2.24, 2.45) is 0 Å². The molecule has 0 saturated heterocycles. The van der Waals surface area contributed by atoms with Crippen LogP contribution in [-0.2, 0) is 30.8 Å². The lowest BCUT2D eigenvalue weighted by molar-refractivity contribution is -0.113. The molecule has 1 amide bonds. The van der Waals surface area contributed by atoms with Crippen molar-refractivity contribution in [2.75, 3.05) is 11.1 Å². The molecule has 3 aromatic rings. The number of anilines is 1. The van der Waals surface area contributed by atoms with Crippen LogP contribution in [0.5, 0.6) is 5.75 Å². The number of hydrogen-bond acceptors (Lipinski definition) is 7. The van der Waals surface area contributed by atoms with Crippen LogP contribution in [0.1, 0.15) is 41.6 Å². The number of thioether (sulfide) groups is 1. The number of carbonyl (C=O) groups is 1. The summed E-state index contributed by atoms with van der Waals surface area (Å²) in [5.41, 5.74) is 1.76. The Morgan fingerprint density at radius 2 is 2.10 bits per heavy atom. The molecule has 0 atom stereocenters. The zero-order valence-corrected chi connectivity index (χ0v) is 18.9. The Morgan fingerprint density at radius 3 is 2.87 bits per heavy atom. The average Bonchev–Trinajstić information content (AvgIpc) is 3.36. The minimum Gasteiger partial charge on any atom is -0.486 e. The smallest absolute Gasteiger partial charge is 0.235 e. The first-order chi connectivity index (χ1) is 15.2. The molecule has 0 unspecified atom stereocenters. The lowest BCUT2D eigenvalue weighted by Gasteiger charge is -2.09. The second-order valence-electron chi connectivity index (χ2n) is 7.11. The number of para-hydroxylation sites is 1. The van der Waals surface area contributed by atoms with E-state index in [9.17, 15) is 10.1 Å². The zero-order valence-electron chi connectivity index (χ0n) is 17.3. The van der Waals surface area contributed by atoms with Gasteiger partial charge >= 0.3 is 0 Å². The van der Waals surface area contributed by atoms with Crippen molar-refractivity contribution in [1.82, 2.24) is 14.8 Å². The molecule has 160 valence electrons. The molecule has 7 nitrogen and oxygen atoms in total. The predicted octanol–water partition coefficient (Wildman–Crippen LogP) is 4.42. The molecule has 1 aliphatic rings. The number of rotatable bonds is 8. The lowest BCUT2D eigenvalue weighted by atomic mass is 9.96. The topological polar surface area (TPSA) is 92.8 Å². The van der Waals surface area contributed by atoms with Gasteiger partial charge in [-0.15, -0.1) is 21.5 Å². The van der Waals surface area contributed by atoms with E-state index in [1.807, 2.05) is 41.8 Å². The molecule has 2 aromatic heterocycles. The van der Waals surface area contributed by atoms with Gasteiger partial charge in [0.2, 0.25) is 5.91 Å². The van der Waals surface area contributed by atoms with Crippen LogP contribution in [0.3, 0.4) is 0 Å². The molecule has 4 rings (SSSR count). The van der Waals surface area contributed by atoms with Gasteiger partial charge in [0.05, 0.1) is 11.3 Å². The number of aryl methyl sites for hydroxylation is 1. The number of benzene rings is 1. The fourth-order valence-corrected chi connectivity index (χ4v) is 5.66. The highest BCUT2D eigenvalue weighted by Gasteiger charge is 2.22. The molecule has 0 bridgehead atoms. The van der Waals surface area contributed by atoms with E-state index >= 15 is 0 Å². The molecule has 1 N–H and O–H groups in total. The van der Waals surface area contributed by atoms with Gasteiger partial charge in [-0.05, 0) is 50.3 Å². The first-order valence-corrected chi connectivity index (χ1v) is 12.1. The molecule has 0 fully saturated rings. The van der Waals surface area contributed by atoms with Gasteiger partial charge in [-0.25, -0.2) is 0 Å². The van der Waals surface area contributed by atoms with Gasteiger partial charge in [0, 0.05) is 11.4 Å². The third-order valence-electron chi connectivity index (χ3n) is 5.09. The summed E-state index contributed by atoms with van der Waals surface area (Å²) in [5.74, 6) is 1.54. The van der Waals surface area contributed by atoms with Gasteiger partial charge in [-0.3, -0.25) is 4.79 Å². The molecule has 31 heavy (non-hydrogen) atoms. The largest absolute Gasteiger partial charge is 0.486 e. The third-order valence-corrected chi connectivity index (χ3v) is 7.26. The van der Waals surface area contributed by atoms with Gasteiger partial charge in [0.1, 0.15) is 23.4 Å². The second-order valence-corrected chi connectivity index (χ2v) is 9.16. The Balaban J connectivity index is 1.37. The number of hydrogen-bond donors (Lipinski definition) is 1. The number of aromatic nitrogens is 3. The minimum absolute atomic E-state index is 0.146. The number of nitriles is 1. The summed E-state index contributed by atoms with van der Waals surface area (Å²) in [7, 11) is 0. The maximum Gasteiger partial charge on any atom is 0.235 e. The van der Waals surface area contributed by atoms with Crippen molar-refractivity contribution in [3.63, 3.8) is 0 Å². The molecule has 0 aliphatic heterocycles. The number of nitrogens with one attached hydrogen (secondary N) is 1. The monoisotopic (exact) mass is 453 g/mol. The van der Waals surface area contributed by atoms with Crippen LogP contribution >= 0.6 is 23.1 Å². The standard InChI is InChI=1S/C22H23N5O2S2/c1-2-27-19(13-29-15-8-4-3-5-9-15)25-26-22(27)30-14-20(28)24-21-17(12-23)16-10-6-7-11-18(16)31-21/h3-5,8-9H,2,6-7,10-11,13-14H2,1H3,(H,24,28). The average molecular weight is 454 g/mol. The van der Waals surface area contributed by atoms with E-state index in [4.69, 9.17) is 4.74 Å². The SMILES string of the molecule is CCn1c(COc2ccccc2)nnc1SCC(=O)Nc1sc2c(c1C#N)CCCC2. The van der Waals surface area contributed by atoms with E-state index in [0.29, 0.717) is 34.7 Å². The first kappa shape index (κ1) is 21.4. The number of thiophene rings is 1. The number of ether oxygens (including phenoxy) is 1.